The molecule has 3 aliphatic rings. The van der Waals surface area contributed by atoms with E-state index in [-0.39, 0.29) is 48.7 Å². The SMILES string of the molecule is [CH2][C@H]1CC[C@H]2C[C@@H]1C2(C)C.[Cl-].[Cl-].[Sn+2].[c]1ccccc1. The maximum atomic E-state index is 4.21. The summed E-state index contributed by atoms with van der Waals surface area (Å²) in [6.07, 6.45) is 4.30. The van der Waals surface area contributed by atoms with Crippen molar-refractivity contribution < 1.29 is 24.8 Å². The smallest absolute Gasteiger partial charge is 1.00 e. The molecule has 0 heterocycles. The van der Waals surface area contributed by atoms with Crippen LogP contribution in [-0.2, 0) is 0 Å². The molecule has 19 heavy (non-hydrogen) atoms. The average Bonchev–Trinajstić information content (AvgIpc) is 2.31. The summed E-state index contributed by atoms with van der Waals surface area (Å²) in [6, 6.07) is 12.5. The van der Waals surface area contributed by atoms with Crippen LogP contribution in [-0.4, -0.2) is 23.9 Å². The van der Waals surface area contributed by atoms with Gasteiger partial charge >= 0.3 is 23.9 Å². The van der Waals surface area contributed by atoms with Crippen LogP contribution in [0.1, 0.15) is 33.1 Å². The second-order valence-corrected chi connectivity index (χ2v) is 5.78. The monoisotopic (exact) mass is 404 g/mol. The first-order chi connectivity index (χ1) is 7.62. The van der Waals surface area contributed by atoms with E-state index in [1.54, 1.807) is 0 Å². The molecule has 0 spiro atoms. The zero-order valence-corrected chi connectivity index (χ0v) is 16.1. The van der Waals surface area contributed by atoms with Gasteiger partial charge in [0.15, 0.2) is 0 Å². The standard InChI is InChI=1S/C10H17.C6H5.2ClH.Sn/c1-7-4-5-8-6-9(7)10(8,2)3;1-2-4-6-5-3-1;;;/h7-9H,1,4-6H2,2-3H3;1-5H;2*1H;/q;;;;+2/p-2/t7-,8-,9-;;;;/m0..../s1. The summed E-state index contributed by atoms with van der Waals surface area (Å²) in [5.41, 5.74) is 0.644. The van der Waals surface area contributed by atoms with Gasteiger partial charge in [0.05, 0.1) is 0 Å². The molecule has 4 rings (SSSR count). The third-order valence-corrected chi connectivity index (χ3v) is 4.61. The van der Waals surface area contributed by atoms with Gasteiger partial charge in [-0.1, -0.05) is 44.2 Å². The second kappa shape index (κ2) is 9.52. The van der Waals surface area contributed by atoms with E-state index in [2.05, 4.69) is 26.8 Å². The molecular weight excluding hydrogens is 382 g/mol. The van der Waals surface area contributed by atoms with Crippen LogP contribution >= 0.6 is 0 Å². The summed E-state index contributed by atoms with van der Waals surface area (Å²) < 4.78 is 0. The summed E-state index contributed by atoms with van der Waals surface area (Å²) >= 11 is 0. The quantitative estimate of drug-likeness (QED) is 0.440. The molecular formula is C16H22Cl2Sn. The minimum atomic E-state index is 0. The molecule has 3 saturated carbocycles. The fraction of sp³-hybridized carbons (Fsp3) is 0.562. The minimum absolute atomic E-state index is 0. The predicted octanol–water partition coefficient (Wildman–Crippen LogP) is -1.99. The number of fused-ring (bicyclic) bond motifs is 2. The van der Waals surface area contributed by atoms with Gasteiger partial charge in [0.25, 0.3) is 0 Å². The van der Waals surface area contributed by atoms with Crippen molar-refractivity contribution in [3.05, 3.63) is 43.3 Å². The Morgan fingerprint density at radius 2 is 1.63 bits per heavy atom. The Bertz CT molecular complexity index is 298. The number of rotatable bonds is 0. The Morgan fingerprint density at radius 1 is 1.05 bits per heavy atom. The van der Waals surface area contributed by atoms with E-state index in [4.69, 9.17) is 0 Å². The molecule has 0 saturated heterocycles. The average molecular weight is 404 g/mol. The van der Waals surface area contributed by atoms with Gasteiger partial charge in [-0.05, 0) is 55.4 Å². The van der Waals surface area contributed by atoms with Crippen molar-refractivity contribution in [2.45, 2.75) is 33.1 Å². The molecule has 0 aliphatic heterocycles. The summed E-state index contributed by atoms with van der Waals surface area (Å²) in [5.74, 6) is 2.75. The van der Waals surface area contributed by atoms with E-state index in [0.717, 1.165) is 17.8 Å². The molecule has 0 unspecified atom stereocenters. The molecule has 0 N–H and O–H groups in total. The van der Waals surface area contributed by atoms with Gasteiger partial charge in [0.1, 0.15) is 0 Å². The van der Waals surface area contributed by atoms with E-state index in [9.17, 15) is 0 Å². The van der Waals surface area contributed by atoms with Crippen LogP contribution in [0, 0.1) is 36.2 Å². The fourth-order valence-electron chi connectivity index (χ4n) is 3.30. The Balaban J connectivity index is 0. The minimum Gasteiger partial charge on any atom is -1.00 e. The first-order valence-electron chi connectivity index (χ1n) is 6.36. The van der Waals surface area contributed by atoms with E-state index in [0.29, 0.717) is 5.41 Å². The van der Waals surface area contributed by atoms with Crippen molar-refractivity contribution >= 4 is 23.9 Å². The summed E-state index contributed by atoms with van der Waals surface area (Å²) in [4.78, 5) is 0. The number of benzene rings is 1. The van der Waals surface area contributed by atoms with Gasteiger partial charge in [0.2, 0.25) is 0 Å². The van der Waals surface area contributed by atoms with Gasteiger partial charge in [0, 0.05) is 0 Å². The summed E-state index contributed by atoms with van der Waals surface area (Å²) in [5, 5.41) is 0. The third-order valence-electron chi connectivity index (χ3n) is 4.61. The molecule has 0 nitrogen and oxygen atoms in total. The van der Waals surface area contributed by atoms with E-state index < -0.39 is 0 Å². The van der Waals surface area contributed by atoms with Crippen LogP contribution in [0.15, 0.2) is 30.3 Å². The van der Waals surface area contributed by atoms with Crippen LogP contribution in [0.2, 0.25) is 0 Å². The van der Waals surface area contributed by atoms with E-state index in [1.807, 2.05) is 30.3 Å². The molecule has 4 radical (unpaired) electrons. The second-order valence-electron chi connectivity index (χ2n) is 5.78. The molecule has 2 bridgehead atoms. The van der Waals surface area contributed by atoms with Gasteiger partial charge in [-0.25, -0.2) is 0 Å². The molecule has 3 aliphatic carbocycles. The van der Waals surface area contributed by atoms with Crippen LogP contribution in [0.5, 0.6) is 0 Å². The van der Waals surface area contributed by atoms with Crippen LogP contribution < -0.4 is 24.8 Å². The number of hydrogen-bond acceptors (Lipinski definition) is 0. The Hall–Kier alpha value is 0.599. The molecule has 1 aromatic carbocycles. The maximum absolute atomic E-state index is 4.21. The van der Waals surface area contributed by atoms with Crippen molar-refractivity contribution in [2.75, 3.05) is 0 Å². The molecule has 3 fully saturated rings. The molecule has 1 aromatic rings. The van der Waals surface area contributed by atoms with Gasteiger partial charge < -0.3 is 24.8 Å². The molecule has 104 valence electrons. The third kappa shape index (κ3) is 5.13. The van der Waals surface area contributed by atoms with E-state index in [1.165, 1.54) is 19.3 Å². The normalized spacial score (nSPS) is 28.9. The van der Waals surface area contributed by atoms with Crippen molar-refractivity contribution in [3.8, 4) is 0 Å². The van der Waals surface area contributed by atoms with Gasteiger partial charge in [-0.3, -0.25) is 0 Å². The Labute approximate surface area is 147 Å². The maximum Gasteiger partial charge on any atom is 2.00 e. The summed E-state index contributed by atoms with van der Waals surface area (Å²) in [7, 11) is 0. The summed E-state index contributed by atoms with van der Waals surface area (Å²) in [6.45, 7) is 9.05. The zero-order valence-electron chi connectivity index (χ0n) is 11.7. The topological polar surface area (TPSA) is 0 Å². The van der Waals surface area contributed by atoms with E-state index >= 15 is 0 Å². The van der Waals surface area contributed by atoms with Crippen molar-refractivity contribution in [1.82, 2.24) is 0 Å². The Kier molecular flexibility index (Phi) is 11.0. The van der Waals surface area contributed by atoms with Crippen molar-refractivity contribution in [3.63, 3.8) is 0 Å². The van der Waals surface area contributed by atoms with Gasteiger partial charge in [-0.2, -0.15) is 0 Å². The molecule has 3 heteroatoms. The number of hydrogen-bond donors (Lipinski definition) is 0. The molecule has 0 amide bonds. The Morgan fingerprint density at radius 3 is 1.84 bits per heavy atom. The van der Waals surface area contributed by atoms with Gasteiger partial charge in [-0.15, -0.1) is 0 Å². The van der Waals surface area contributed by atoms with Crippen molar-refractivity contribution in [2.24, 2.45) is 23.2 Å². The first kappa shape index (κ1) is 21.9. The molecule has 0 aromatic heterocycles. The zero-order chi connectivity index (χ0) is 11.6. The molecule has 3 atom stereocenters. The van der Waals surface area contributed by atoms with Crippen LogP contribution in [0.3, 0.4) is 0 Å². The van der Waals surface area contributed by atoms with Crippen LogP contribution in [0.25, 0.3) is 0 Å². The van der Waals surface area contributed by atoms with Crippen LogP contribution in [0.4, 0.5) is 0 Å². The number of halogens is 2. The first-order valence-corrected chi connectivity index (χ1v) is 6.36. The van der Waals surface area contributed by atoms with Crippen molar-refractivity contribution in [1.29, 1.82) is 0 Å². The largest absolute Gasteiger partial charge is 2.00 e. The predicted molar refractivity (Wildman–Crippen MR) is 74.5 cm³/mol. The fourth-order valence-corrected chi connectivity index (χ4v) is 3.30.